The molecule has 0 aliphatic heterocycles. The molecule has 2 aromatic rings. The maximum Gasteiger partial charge on any atom is 0.244 e. The minimum atomic E-state index is -3.79. The van der Waals surface area contributed by atoms with Crippen LogP contribution in [0.3, 0.4) is 0 Å². The van der Waals surface area contributed by atoms with Crippen molar-refractivity contribution in [3.63, 3.8) is 0 Å². The van der Waals surface area contributed by atoms with Crippen molar-refractivity contribution in [3.05, 3.63) is 59.2 Å². The van der Waals surface area contributed by atoms with E-state index in [-0.39, 0.29) is 18.5 Å². The van der Waals surface area contributed by atoms with Gasteiger partial charge < -0.3 is 15.0 Å². The van der Waals surface area contributed by atoms with Gasteiger partial charge in [0.15, 0.2) is 0 Å². The van der Waals surface area contributed by atoms with Gasteiger partial charge in [-0.2, -0.15) is 0 Å². The van der Waals surface area contributed by atoms with E-state index in [9.17, 15) is 18.0 Å². The molecule has 0 aromatic heterocycles. The first-order valence-corrected chi connectivity index (χ1v) is 15.2. The Kier molecular flexibility index (Phi) is 10.2. The third-order valence-electron chi connectivity index (χ3n) is 7.19. The summed E-state index contributed by atoms with van der Waals surface area (Å²) >= 11 is 0. The van der Waals surface area contributed by atoms with Crippen LogP contribution in [0.4, 0.5) is 5.69 Å². The summed E-state index contributed by atoms with van der Waals surface area (Å²) in [6.07, 6.45) is 6.69. The van der Waals surface area contributed by atoms with Crippen molar-refractivity contribution in [2.45, 2.75) is 77.9 Å². The second kappa shape index (κ2) is 13.1. The fourth-order valence-corrected chi connectivity index (χ4v) is 6.17. The summed E-state index contributed by atoms with van der Waals surface area (Å²) in [4.78, 5) is 29.0. The zero-order valence-corrected chi connectivity index (χ0v) is 24.0. The second-order valence-electron chi connectivity index (χ2n) is 10.2. The molecular weight excluding hydrogens is 502 g/mol. The van der Waals surface area contributed by atoms with Gasteiger partial charge in [0, 0.05) is 12.6 Å². The van der Waals surface area contributed by atoms with Crippen LogP contribution < -0.4 is 14.4 Å². The van der Waals surface area contributed by atoms with E-state index < -0.39 is 28.5 Å². The lowest BCUT2D eigenvalue weighted by Crippen LogP contribution is -2.54. The fraction of sp³-hybridized carbons (Fsp3) is 0.517. The number of methoxy groups -OCH3 is 1. The number of hydrogen-bond donors (Lipinski definition) is 1. The maximum absolute atomic E-state index is 14.0. The first-order chi connectivity index (χ1) is 18.0. The molecule has 1 aliphatic rings. The van der Waals surface area contributed by atoms with Gasteiger partial charge in [-0.3, -0.25) is 13.9 Å². The highest BCUT2D eigenvalue weighted by Crippen LogP contribution is 2.27. The lowest BCUT2D eigenvalue weighted by molar-refractivity contribution is -0.140. The molecule has 1 fully saturated rings. The van der Waals surface area contributed by atoms with Crippen LogP contribution in [0.1, 0.15) is 62.1 Å². The lowest BCUT2D eigenvalue weighted by atomic mass is 9.95. The number of para-hydroxylation sites is 1. The summed E-state index contributed by atoms with van der Waals surface area (Å²) in [5, 5.41) is 3.16. The summed E-state index contributed by atoms with van der Waals surface area (Å²) in [6.45, 7) is 5.27. The molecule has 3 rings (SSSR count). The molecule has 0 spiro atoms. The Balaban J connectivity index is 1.96. The van der Waals surface area contributed by atoms with Crippen LogP contribution in [-0.2, 0) is 26.2 Å². The van der Waals surface area contributed by atoms with Gasteiger partial charge in [-0.05, 0) is 61.9 Å². The maximum atomic E-state index is 14.0. The number of sulfonamides is 1. The Bertz CT molecular complexity index is 1200. The van der Waals surface area contributed by atoms with E-state index in [0.717, 1.165) is 52.9 Å². The average molecular weight is 544 g/mol. The van der Waals surface area contributed by atoms with Gasteiger partial charge in [-0.15, -0.1) is 0 Å². The lowest BCUT2D eigenvalue weighted by Gasteiger charge is -2.34. The molecule has 1 aliphatic carbocycles. The Hall–Kier alpha value is -3.07. The van der Waals surface area contributed by atoms with Crippen molar-refractivity contribution in [2.24, 2.45) is 0 Å². The van der Waals surface area contributed by atoms with Crippen LogP contribution in [0.15, 0.2) is 42.5 Å². The molecular formula is C29H41N3O5S. The summed E-state index contributed by atoms with van der Waals surface area (Å²) in [5.74, 6) is 0.00284. The number of aryl methyl sites for hydroxylation is 2. The summed E-state index contributed by atoms with van der Waals surface area (Å²) < 4.78 is 32.4. The largest absolute Gasteiger partial charge is 0.497 e. The zero-order chi connectivity index (χ0) is 27.9. The van der Waals surface area contributed by atoms with Crippen molar-refractivity contribution >= 4 is 27.5 Å². The Morgan fingerprint density at radius 3 is 2.26 bits per heavy atom. The number of carbonyl (C=O) groups is 2. The van der Waals surface area contributed by atoms with Crippen molar-refractivity contribution in [3.8, 4) is 5.75 Å². The Labute approximate surface area is 227 Å². The molecule has 0 radical (unpaired) electrons. The number of benzene rings is 2. The molecule has 1 N–H and O–H groups in total. The summed E-state index contributed by atoms with van der Waals surface area (Å²) in [5.41, 5.74) is 2.79. The first kappa shape index (κ1) is 29.5. The first-order valence-electron chi connectivity index (χ1n) is 13.3. The Morgan fingerprint density at radius 2 is 1.68 bits per heavy atom. The number of rotatable bonds is 11. The number of nitrogens with one attached hydrogen (secondary N) is 1. The van der Waals surface area contributed by atoms with Crippen LogP contribution in [0.2, 0.25) is 0 Å². The molecule has 208 valence electrons. The molecule has 2 amide bonds. The molecule has 0 heterocycles. The number of carbonyl (C=O) groups excluding carboxylic acids is 2. The van der Waals surface area contributed by atoms with E-state index in [2.05, 4.69) is 5.32 Å². The van der Waals surface area contributed by atoms with Gasteiger partial charge in [0.2, 0.25) is 21.8 Å². The van der Waals surface area contributed by atoms with Gasteiger partial charge in [0.25, 0.3) is 0 Å². The molecule has 1 saturated carbocycles. The molecule has 0 saturated heterocycles. The number of anilines is 1. The van der Waals surface area contributed by atoms with Gasteiger partial charge >= 0.3 is 0 Å². The third kappa shape index (κ3) is 7.49. The second-order valence-corrected chi connectivity index (χ2v) is 12.1. The van der Waals surface area contributed by atoms with E-state index >= 15 is 0 Å². The predicted molar refractivity (Wildman–Crippen MR) is 151 cm³/mol. The van der Waals surface area contributed by atoms with Crippen molar-refractivity contribution < 1.29 is 22.7 Å². The summed E-state index contributed by atoms with van der Waals surface area (Å²) in [6, 6.07) is 12.2. The van der Waals surface area contributed by atoms with Gasteiger partial charge in [0.05, 0.1) is 19.1 Å². The molecule has 1 unspecified atom stereocenters. The highest BCUT2D eigenvalue weighted by molar-refractivity contribution is 7.92. The normalized spacial score (nSPS) is 15.0. The quantitative estimate of drug-likeness (QED) is 0.455. The van der Waals surface area contributed by atoms with Crippen molar-refractivity contribution in [2.75, 3.05) is 24.2 Å². The topological polar surface area (TPSA) is 96.0 Å². The Morgan fingerprint density at radius 1 is 1.05 bits per heavy atom. The van der Waals surface area contributed by atoms with Crippen molar-refractivity contribution in [1.82, 2.24) is 10.2 Å². The third-order valence-corrected chi connectivity index (χ3v) is 8.30. The van der Waals surface area contributed by atoms with E-state index in [1.807, 2.05) is 63.2 Å². The van der Waals surface area contributed by atoms with Crippen LogP contribution in [0, 0.1) is 13.8 Å². The summed E-state index contributed by atoms with van der Waals surface area (Å²) in [7, 11) is -2.21. The van der Waals surface area contributed by atoms with Crippen LogP contribution in [0.5, 0.6) is 5.75 Å². The van der Waals surface area contributed by atoms with E-state index in [0.29, 0.717) is 17.9 Å². The number of ether oxygens (including phenoxy) is 1. The molecule has 2 aromatic carbocycles. The van der Waals surface area contributed by atoms with E-state index in [1.165, 1.54) is 11.3 Å². The van der Waals surface area contributed by atoms with E-state index in [1.54, 1.807) is 7.11 Å². The molecule has 8 nitrogen and oxygen atoms in total. The molecule has 1 atom stereocenters. The highest BCUT2D eigenvalue weighted by atomic mass is 32.2. The zero-order valence-electron chi connectivity index (χ0n) is 23.2. The van der Waals surface area contributed by atoms with Gasteiger partial charge in [-0.1, -0.05) is 56.5 Å². The number of hydrogen-bond acceptors (Lipinski definition) is 5. The predicted octanol–water partition coefficient (Wildman–Crippen LogP) is 4.33. The fourth-order valence-electron chi connectivity index (χ4n) is 5.21. The average Bonchev–Trinajstić information content (AvgIpc) is 2.88. The SMILES string of the molecule is CCC(C(=O)NC1CCCCC1)N(Cc1cccc(OC)c1)C(=O)CN(c1c(C)cccc1C)S(C)(=O)=O. The van der Waals surface area contributed by atoms with Crippen LogP contribution in [0.25, 0.3) is 0 Å². The number of amides is 2. The standard InChI is InChI=1S/C29H41N3O5S/c1-6-26(29(34)30-24-15-8-7-9-16-24)31(19-23-14-11-17-25(18-23)37-4)27(33)20-32(38(5,35)36)28-21(2)12-10-13-22(28)3/h10-14,17-18,24,26H,6-9,15-16,19-20H2,1-5H3,(H,30,34). The van der Waals surface area contributed by atoms with Crippen LogP contribution >= 0.6 is 0 Å². The molecule has 9 heteroatoms. The molecule has 0 bridgehead atoms. The van der Waals surface area contributed by atoms with Crippen LogP contribution in [-0.4, -0.2) is 57.1 Å². The number of nitrogens with zero attached hydrogens (tertiary/aromatic N) is 2. The van der Waals surface area contributed by atoms with Crippen molar-refractivity contribution in [1.29, 1.82) is 0 Å². The molecule has 38 heavy (non-hydrogen) atoms. The van der Waals surface area contributed by atoms with Gasteiger partial charge in [-0.25, -0.2) is 8.42 Å². The van der Waals surface area contributed by atoms with E-state index in [4.69, 9.17) is 4.74 Å². The minimum Gasteiger partial charge on any atom is -0.497 e. The smallest absolute Gasteiger partial charge is 0.244 e. The minimum absolute atomic E-state index is 0.0983. The monoisotopic (exact) mass is 543 g/mol. The highest BCUT2D eigenvalue weighted by Gasteiger charge is 2.33. The van der Waals surface area contributed by atoms with Gasteiger partial charge in [0.1, 0.15) is 18.3 Å².